The van der Waals surface area contributed by atoms with Crippen molar-refractivity contribution in [2.45, 2.75) is 82.1 Å². The highest BCUT2D eigenvalue weighted by molar-refractivity contribution is 6.07. The minimum atomic E-state index is -0.680. The summed E-state index contributed by atoms with van der Waals surface area (Å²) in [7, 11) is 1.31. The normalized spacial score (nSPS) is 24.0. The third kappa shape index (κ3) is 5.82. The molecule has 55 heavy (non-hydrogen) atoms. The number of carbonyl (C=O) groups excluding carboxylic acids is 3. The average Bonchev–Trinajstić information content (AvgIpc) is 4.07. The number of methoxy groups -OCH3 is 1. The molecule has 3 saturated heterocycles. The third-order valence-electron chi connectivity index (χ3n) is 12.9. The van der Waals surface area contributed by atoms with Crippen LogP contribution in [0.2, 0.25) is 0 Å². The molecule has 4 fully saturated rings. The van der Waals surface area contributed by atoms with E-state index in [1.807, 2.05) is 16.0 Å². The van der Waals surface area contributed by atoms with E-state index >= 15 is 0 Å². The van der Waals surface area contributed by atoms with E-state index in [0.29, 0.717) is 51.2 Å². The van der Waals surface area contributed by atoms with Crippen LogP contribution in [0.3, 0.4) is 0 Å². The number of fused-ring (bicyclic) bond motifs is 7. The van der Waals surface area contributed by atoms with Crippen LogP contribution in [-0.4, -0.2) is 87.1 Å². The number of hydrogen-bond donors (Lipinski definition) is 3. The Bertz CT molecular complexity index is 2310. The van der Waals surface area contributed by atoms with Crippen molar-refractivity contribution in [3.63, 3.8) is 0 Å². The lowest BCUT2D eigenvalue weighted by atomic mass is 9.90. The Morgan fingerprint density at radius 1 is 0.982 bits per heavy atom. The number of nitrogens with zero attached hydrogens (tertiary/aromatic N) is 4. The summed E-state index contributed by atoms with van der Waals surface area (Å²) in [6.07, 6.45) is 9.70. The van der Waals surface area contributed by atoms with E-state index in [9.17, 15) is 14.4 Å². The molecule has 284 valence electrons. The molecule has 2 aromatic heterocycles. The number of nitrogens with one attached hydrogen (secondary N) is 3. The minimum absolute atomic E-state index is 0.0133. The van der Waals surface area contributed by atoms with Gasteiger partial charge in [-0.3, -0.25) is 9.59 Å². The first-order chi connectivity index (χ1) is 27.0. The number of imidazole rings is 2. The average molecular weight is 744 g/mol. The molecule has 13 heteroatoms. The predicted molar refractivity (Wildman–Crippen MR) is 204 cm³/mol. The van der Waals surface area contributed by atoms with Crippen LogP contribution in [0.1, 0.15) is 80.7 Å². The first-order valence-electron chi connectivity index (χ1n) is 19.7. The van der Waals surface area contributed by atoms with Crippen LogP contribution in [0.25, 0.3) is 44.2 Å². The lowest BCUT2D eigenvalue weighted by molar-refractivity contribution is -0.136. The minimum Gasteiger partial charge on any atom is -0.488 e. The number of aromatic nitrogens is 4. The molecule has 0 radical (unpaired) electrons. The Morgan fingerprint density at radius 3 is 2.73 bits per heavy atom. The number of carbonyl (C=O) groups is 3. The number of likely N-dealkylation sites (tertiary alicyclic amines) is 2. The molecule has 1 saturated carbocycles. The van der Waals surface area contributed by atoms with Crippen LogP contribution in [0.5, 0.6) is 5.75 Å². The van der Waals surface area contributed by atoms with Crippen LogP contribution in [0.15, 0.2) is 48.7 Å². The quantitative estimate of drug-likeness (QED) is 0.159. The first kappa shape index (κ1) is 34.1. The van der Waals surface area contributed by atoms with Gasteiger partial charge in [0, 0.05) is 36.8 Å². The fourth-order valence-electron chi connectivity index (χ4n) is 10.1. The highest BCUT2D eigenvalue weighted by Crippen LogP contribution is 2.47. The molecule has 1 aliphatic carbocycles. The molecule has 5 aliphatic rings. The van der Waals surface area contributed by atoms with E-state index < -0.39 is 12.1 Å². The van der Waals surface area contributed by atoms with E-state index in [0.717, 1.165) is 99.2 Å². The maximum absolute atomic E-state index is 14.0. The second-order valence-electron chi connectivity index (χ2n) is 15.8. The summed E-state index contributed by atoms with van der Waals surface area (Å²) < 4.78 is 16.8. The molecule has 3 amide bonds. The van der Waals surface area contributed by atoms with Crippen molar-refractivity contribution in [1.29, 1.82) is 0 Å². The summed E-state index contributed by atoms with van der Waals surface area (Å²) in [5.74, 6) is 2.85. The number of aromatic amines is 2. The SMILES string of the molecule is COC(=O)NC(C(=O)N1CCCC1c1ncc(-c2ccc3c(c2)COc2cc4c(ccc5[nH]c(C6CC7CCCC7N6C=O)nc54)cc2-3)[nH]1)C1CCOCC1. The predicted octanol–water partition coefficient (Wildman–Crippen LogP) is 6.55. The molecule has 6 heterocycles. The van der Waals surface area contributed by atoms with Gasteiger partial charge < -0.3 is 39.3 Å². The molecule has 5 aromatic rings. The van der Waals surface area contributed by atoms with Crippen molar-refractivity contribution in [3.05, 3.63) is 65.9 Å². The fraction of sp³-hybridized carbons (Fsp3) is 0.452. The standard InChI is InChI=1S/C42H45N7O6/c1-53-42(52)47-37(23-11-14-54-15-12-23)41(51)48-13-3-6-34(48)39-43-20-32(45-39)25-7-9-28-27(16-25)21-55-36-19-29-24(17-30(28)36)8-10-31-38(29)46-40(44-31)35-18-26-4-2-5-33(26)49(35)22-50/h7-10,16-17,19-20,22-23,26,33-35,37H,2-6,11-15,18,21H2,1H3,(H,43,45)(H,44,46)(H,47,52). The third-order valence-corrected chi connectivity index (χ3v) is 12.9. The van der Waals surface area contributed by atoms with Gasteiger partial charge in [-0.05, 0) is 103 Å². The Hall–Kier alpha value is -5.43. The summed E-state index contributed by atoms with van der Waals surface area (Å²) in [5, 5.41) is 4.93. The number of alkyl carbamates (subject to hydrolysis) is 1. The fourth-order valence-corrected chi connectivity index (χ4v) is 10.1. The first-order valence-corrected chi connectivity index (χ1v) is 19.7. The van der Waals surface area contributed by atoms with Gasteiger partial charge in [-0.15, -0.1) is 0 Å². The molecule has 10 rings (SSSR count). The van der Waals surface area contributed by atoms with Gasteiger partial charge in [0.15, 0.2) is 0 Å². The van der Waals surface area contributed by atoms with Crippen molar-refractivity contribution >= 4 is 40.2 Å². The second kappa shape index (κ2) is 13.7. The van der Waals surface area contributed by atoms with Crippen LogP contribution < -0.4 is 10.1 Å². The summed E-state index contributed by atoms with van der Waals surface area (Å²) >= 11 is 0. The molecular formula is C42H45N7O6. The zero-order valence-electron chi connectivity index (χ0n) is 30.9. The Balaban J connectivity index is 0.901. The van der Waals surface area contributed by atoms with Gasteiger partial charge in [0.25, 0.3) is 0 Å². The molecule has 3 N–H and O–H groups in total. The number of benzene rings is 3. The molecule has 0 bridgehead atoms. The number of H-pyrrole nitrogens is 2. The maximum atomic E-state index is 14.0. The highest BCUT2D eigenvalue weighted by atomic mass is 16.5. The second-order valence-corrected chi connectivity index (χ2v) is 15.8. The number of ether oxygens (including phenoxy) is 3. The van der Waals surface area contributed by atoms with Crippen molar-refractivity contribution < 1.29 is 28.6 Å². The number of rotatable bonds is 7. The summed E-state index contributed by atoms with van der Waals surface area (Å²) in [6, 6.07) is 14.3. The smallest absolute Gasteiger partial charge is 0.407 e. The maximum Gasteiger partial charge on any atom is 0.407 e. The van der Waals surface area contributed by atoms with E-state index in [1.54, 1.807) is 0 Å². The van der Waals surface area contributed by atoms with Crippen molar-refractivity contribution in [2.24, 2.45) is 11.8 Å². The van der Waals surface area contributed by atoms with Gasteiger partial charge in [-0.1, -0.05) is 24.6 Å². The lowest BCUT2D eigenvalue weighted by Crippen LogP contribution is -2.53. The molecular weight excluding hydrogens is 699 g/mol. The number of amides is 3. The van der Waals surface area contributed by atoms with E-state index in [1.165, 1.54) is 20.0 Å². The van der Waals surface area contributed by atoms with E-state index in [4.69, 9.17) is 24.2 Å². The van der Waals surface area contributed by atoms with Crippen molar-refractivity contribution in [3.8, 4) is 28.1 Å². The van der Waals surface area contributed by atoms with Crippen LogP contribution in [-0.2, 0) is 25.7 Å². The monoisotopic (exact) mass is 743 g/mol. The van der Waals surface area contributed by atoms with Gasteiger partial charge in [-0.2, -0.15) is 0 Å². The van der Waals surface area contributed by atoms with Crippen LogP contribution >= 0.6 is 0 Å². The van der Waals surface area contributed by atoms with Gasteiger partial charge in [0.2, 0.25) is 12.3 Å². The zero-order valence-corrected chi connectivity index (χ0v) is 30.9. The molecule has 13 nitrogen and oxygen atoms in total. The summed E-state index contributed by atoms with van der Waals surface area (Å²) in [5.41, 5.74) is 6.96. The molecule has 3 aromatic carbocycles. The summed E-state index contributed by atoms with van der Waals surface area (Å²) in [6.45, 7) is 2.15. The Morgan fingerprint density at radius 2 is 1.87 bits per heavy atom. The molecule has 4 aliphatic heterocycles. The van der Waals surface area contributed by atoms with Crippen molar-refractivity contribution in [2.75, 3.05) is 26.9 Å². The van der Waals surface area contributed by atoms with Gasteiger partial charge in [-0.25, -0.2) is 14.8 Å². The largest absolute Gasteiger partial charge is 0.488 e. The molecule has 5 unspecified atom stereocenters. The van der Waals surface area contributed by atoms with E-state index in [-0.39, 0.29) is 23.9 Å². The van der Waals surface area contributed by atoms with Gasteiger partial charge in [0.1, 0.15) is 30.0 Å². The molecule has 5 atom stereocenters. The Labute approximate surface area is 318 Å². The van der Waals surface area contributed by atoms with Crippen molar-refractivity contribution in [1.82, 2.24) is 35.1 Å². The van der Waals surface area contributed by atoms with Gasteiger partial charge in [0.05, 0.1) is 42.1 Å². The summed E-state index contributed by atoms with van der Waals surface area (Å²) in [4.78, 5) is 59.3. The zero-order chi connectivity index (χ0) is 37.2. The van der Waals surface area contributed by atoms with Crippen LogP contribution in [0.4, 0.5) is 4.79 Å². The van der Waals surface area contributed by atoms with Crippen LogP contribution in [0, 0.1) is 11.8 Å². The molecule has 0 spiro atoms. The number of hydrogen-bond acceptors (Lipinski definition) is 8. The van der Waals surface area contributed by atoms with E-state index in [2.05, 4.69) is 57.7 Å². The highest BCUT2D eigenvalue weighted by Gasteiger charge is 2.45. The lowest BCUT2D eigenvalue weighted by Gasteiger charge is -2.34. The van der Waals surface area contributed by atoms with Gasteiger partial charge >= 0.3 is 6.09 Å². The topological polar surface area (TPSA) is 155 Å². The Kier molecular flexibility index (Phi) is 8.49.